The molecule has 110 valence electrons. The molecule has 0 aliphatic carbocycles. The van der Waals surface area contributed by atoms with Crippen LogP contribution in [0.4, 0.5) is 0 Å². The van der Waals surface area contributed by atoms with Crippen LogP contribution in [0.2, 0.25) is 0 Å². The molecular formula is C13H25N3O2S. The summed E-state index contributed by atoms with van der Waals surface area (Å²) in [5, 5.41) is 3.55. The van der Waals surface area contributed by atoms with Crippen LogP contribution < -0.4 is 5.32 Å². The van der Waals surface area contributed by atoms with E-state index in [1.54, 1.807) is 8.61 Å². The molecule has 0 aromatic carbocycles. The van der Waals surface area contributed by atoms with Crippen LogP contribution in [0.3, 0.4) is 0 Å². The van der Waals surface area contributed by atoms with Crippen molar-refractivity contribution in [3.8, 4) is 0 Å². The third-order valence-corrected chi connectivity index (χ3v) is 6.71. The molecule has 0 unspecified atom stereocenters. The fourth-order valence-electron chi connectivity index (χ4n) is 3.56. The van der Waals surface area contributed by atoms with E-state index in [0.29, 0.717) is 38.3 Å². The normalized spacial score (nSPS) is 34.9. The standard InChI is InChI=1S/C13H25N3O2S/c17-19(18,15-8-3-1-2-4-9-15)16-10-7-12-5-6-13(11-16)14-12/h12-14H,1-11H2/t12-,13+/m1/s1. The molecule has 6 heteroatoms. The average molecular weight is 287 g/mol. The van der Waals surface area contributed by atoms with Gasteiger partial charge in [0.1, 0.15) is 0 Å². The lowest BCUT2D eigenvalue weighted by Gasteiger charge is -2.30. The predicted octanol–water partition coefficient (Wildman–Crippen LogP) is 0.933. The molecule has 3 saturated heterocycles. The zero-order chi connectivity index (χ0) is 13.3. The molecule has 5 nitrogen and oxygen atoms in total. The van der Waals surface area contributed by atoms with E-state index in [9.17, 15) is 8.42 Å². The van der Waals surface area contributed by atoms with E-state index < -0.39 is 10.2 Å². The van der Waals surface area contributed by atoms with Gasteiger partial charge in [-0.05, 0) is 32.1 Å². The Morgan fingerprint density at radius 1 is 0.789 bits per heavy atom. The first-order valence-electron chi connectivity index (χ1n) is 7.67. The SMILES string of the molecule is O=S(=O)(N1CCCCCC1)N1CC[C@H]2CC[C@@H](C1)N2. The maximum atomic E-state index is 12.7. The van der Waals surface area contributed by atoms with Gasteiger partial charge in [-0.2, -0.15) is 17.0 Å². The third kappa shape index (κ3) is 2.96. The summed E-state index contributed by atoms with van der Waals surface area (Å²) in [5.74, 6) is 0. The minimum atomic E-state index is -3.23. The minimum Gasteiger partial charge on any atom is -0.310 e. The molecule has 0 spiro atoms. The van der Waals surface area contributed by atoms with E-state index in [4.69, 9.17) is 0 Å². The molecule has 3 fully saturated rings. The van der Waals surface area contributed by atoms with E-state index in [0.717, 1.165) is 38.5 Å². The summed E-state index contributed by atoms with van der Waals surface area (Å²) in [4.78, 5) is 0. The Bertz CT molecular complexity index is 404. The van der Waals surface area contributed by atoms with Crippen molar-refractivity contribution in [2.24, 2.45) is 0 Å². The average Bonchev–Trinajstić information content (AvgIpc) is 2.57. The van der Waals surface area contributed by atoms with Crippen LogP contribution in [-0.2, 0) is 10.2 Å². The summed E-state index contributed by atoms with van der Waals surface area (Å²) in [6.45, 7) is 2.77. The number of hydrogen-bond donors (Lipinski definition) is 1. The smallest absolute Gasteiger partial charge is 0.282 e. The lowest BCUT2D eigenvalue weighted by molar-refractivity contribution is 0.327. The first-order chi connectivity index (χ1) is 9.16. The first kappa shape index (κ1) is 13.8. The molecule has 3 aliphatic heterocycles. The molecule has 19 heavy (non-hydrogen) atoms. The molecule has 0 aromatic heterocycles. The molecule has 2 atom stereocenters. The number of rotatable bonds is 2. The summed E-state index contributed by atoms with van der Waals surface area (Å²) in [6.07, 6.45) is 7.65. The fourth-order valence-corrected chi connectivity index (χ4v) is 5.31. The third-order valence-electron chi connectivity index (χ3n) is 4.70. The van der Waals surface area contributed by atoms with Crippen molar-refractivity contribution in [1.82, 2.24) is 13.9 Å². The fraction of sp³-hybridized carbons (Fsp3) is 1.00. The monoisotopic (exact) mass is 287 g/mol. The number of nitrogens with zero attached hydrogens (tertiary/aromatic N) is 2. The summed E-state index contributed by atoms with van der Waals surface area (Å²) >= 11 is 0. The van der Waals surface area contributed by atoms with E-state index in [1.807, 2.05) is 0 Å². The van der Waals surface area contributed by atoms with Gasteiger partial charge in [0.25, 0.3) is 10.2 Å². The van der Waals surface area contributed by atoms with Crippen molar-refractivity contribution in [3.63, 3.8) is 0 Å². The molecule has 0 aromatic rings. The van der Waals surface area contributed by atoms with Crippen molar-refractivity contribution in [3.05, 3.63) is 0 Å². The van der Waals surface area contributed by atoms with Gasteiger partial charge in [-0.1, -0.05) is 12.8 Å². The number of hydrogen-bond acceptors (Lipinski definition) is 3. The molecule has 2 bridgehead atoms. The van der Waals surface area contributed by atoms with Gasteiger partial charge in [0, 0.05) is 38.3 Å². The molecule has 0 saturated carbocycles. The summed E-state index contributed by atoms with van der Waals surface area (Å²) in [5.41, 5.74) is 0. The van der Waals surface area contributed by atoms with Crippen LogP contribution in [0.15, 0.2) is 0 Å². The summed E-state index contributed by atoms with van der Waals surface area (Å²) in [6, 6.07) is 0.906. The Hall–Kier alpha value is -0.170. The second-order valence-corrected chi connectivity index (χ2v) is 8.03. The highest BCUT2D eigenvalue weighted by Gasteiger charge is 2.36. The highest BCUT2D eigenvalue weighted by atomic mass is 32.2. The van der Waals surface area contributed by atoms with Crippen LogP contribution in [0.25, 0.3) is 0 Å². The zero-order valence-corrected chi connectivity index (χ0v) is 12.4. The maximum Gasteiger partial charge on any atom is 0.282 e. The molecule has 3 aliphatic rings. The largest absolute Gasteiger partial charge is 0.310 e. The van der Waals surface area contributed by atoms with E-state index in [2.05, 4.69) is 5.32 Å². The van der Waals surface area contributed by atoms with Crippen LogP contribution in [0, 0.1) is 0 Å². The molecule has 0 amide bonds. The van der Waals surface area contributed by atoms with Crippen molar-refractivity contribution < 1.29 is 8.42 Å². The van der Waals surface area contributed by atoms with Crippen LogP contribution in [-0.4, -0.2) is 55.3 Å². The van der Waals surface area contributed by atoms with Gasteiger partial charge in [-0.15, -0.1) is 0 Å². The van der Waals surface area contributed by atoms with Gasteiger partial charge >= 0.3 is 0 Å². The lowest BCUT2D eigenvalue weighted by atomic mass is 10.1. The van der Waals surface area contributed by atoms with Gasteiger partial charge in [0.05, 0.1) is 0 Å². The van der Waals surface area contributed by atoms with Gasteiger partial charge in [-0.3, -0.25) is 0 Å². The lowest BCUT2D eigenvalue weighted by Crippen LogP contribution is -2.47. The highest BCUT2D eigenvalue weighted by molar-refractivity contribution is 7.86. The van der Waals surface area contributed by atoms with Gasteiger partial charge in [-0.25, -0.2) is 0 Å². The van der Waals surface area contributed by atoms with Crippen molar-refractivity contribution in [1.29, 1.82) is 0 Å². The zero-order valence-electron chi connectivity index (χ0n) is 11.6. The number of nitrogens with one attached hydrogen (secondary N) is 1. The Balaban J connectivity index is 1.71. The van der Waals surface area contributed by atoms with E-state index in [-0.39, 0.29) is 0 Å². The second-order valence-electron chi connectivity index (χ2n) is 6.11. The molecule has 0 radical (unpaired) electrons. The highest BCUT2D eigenvalue weighted by Crippen LogP contribution is 2.24. The molecular weight excluding hydrogens is 262 g/mol. The minimum absolute atomic E-state index is 0.370. The number of fused-ring (bicyclic) bond motifs is 2. The van der Waals surface area contributed by atoms with E-state index in [1.165, 1.54) is 6.42 Å². The Labute approximate surface area is 116 Å². The summed E-state index contributed by atoms with van der Waals surface area (Å²) < 4.78 is 28.9. The van der Waals surface area contributed by atoms with Crippen LogP contribution in [0.5, 0.6) is 0 Å². The van der Waals surface area contributed by atoms with Crippen molar-refractivity contribution in [2.75, 3.05) is 26.2 Å². The first-order valence-corrected chi connectivity index (χ1v) is 9.07. The molecule has 3 heterocycles. The van der Waals surface area contributed by atoms with Crippen molar-refractivity contribution >= 4 is 10.2 Å². The van der Waals surface area contributed by atoms with Crippen LogP contribution in [0.1, 0.15) is 44.9 Å². The Morgan fingerprint density at radius 3 is 2.21 bits per heavy atom. The quantitative estimate of drug-likeness (QED) is 0.822. The molecule has 3 rings (SSSR count). The van der Waals surface area contributed by atoms with Crippen LogP contribution >= 0.6 is 0 Å². The predicted molar refractivity (Wildman–Crippen MR) is 75.1 cm³/mol. The van der Waals surface area contributed by atoms with Gasteiger partial charge in [0.2, 0.25) is 0 Å². The maximum absolute atomic E-state index is 12.7. The second kappa shape index (κ2) is 5.68. The van der Waals surface area contributed by atoms with Gasteiger partial charge in [0.15, 0.2) is 0 Å². The summed E-state index contributed by atoms with van der Waals surface area (Å²) in [7, 11) is -3.23. The topological polar surface area (TPSA) is 52.7 Å². The Kier molecular flexibility index (Phi) is 4.12. The Morgan fingerprint density at radius 2 is 1.47 bits per heavy atom. The van der Waals surface area contributed by atoms with E-state index >= 15 is 0 Å². The van der Waals surface area contributed by atoms with Gasteiger partial charge < -0.3 is 5.32 Å². The molecule has 1 N–H and O–H groups in total. The van der Waals surface area contributed by atoms with Crippen molar-refractivity contribution in [2.45, 2.75) is 57.0 Å².